The van der Waals surface area contributed by atoms with Crippen LogP contribution in [0.3, 0.4) is 0 Å². The van der Waals surface area contributed by atoms with Gasteiger partial charge in [-0.15, -0.1) is 0 Å². The number of hydrogen-bond donors (Lipinski definition) is 1. The Labute approximate surface area is 128 Å². The monoisotopic (exact) mass is 288 g/mol. The van der Waals surface area contributed by atoms with Crippen LogP contribution in [0, 0.1) is 5.41 Å². The van der Waals surface area contributed by atoms with Gasteiger partial charge in [0.2, 0.25) is 0 Å². The Hall–Kier alpha value is -1.35. The first-order valence-corrected chi connectivity index (χ1v) is 7.94. The van der Waals surface area contributed by atoms with E-state index in [9.17, 15) is 4.79 Å². The molecular formula is C18H28N2O. The predicted octanol–water partition coefficient (Wildman–Crippen LogP) is 3.10. The molecular weight excluding hydrogens is 260 g/mol. The minimum Gasteiger partial charge on any atom is -0.345 e. The fourth-order valence-corrected chi connectivity index (χ4v) is 3.21. The first kappa shape index (κ1) is 16.0. The fourth-order valence-electron chi connectivity index (χ4n) is 3.21. The molecule has 2 rings (SSSR count). The van der Waals surface area contributed by atoms with Crippen molar-refractivity contribution in [1.29, 1.82) is 0 Å². The summed E-state index contributed by atoms with van der Waals surface area (Å²) in [6, 6.07) is 8.62. The van der Waals surface area contributed by atoms with Crippen molar-refractivity contribution in [3.8, 4) is 0 Å². The number of nitrogens with zero attached hydrogens (tertiary/aromatic N) is 1. The first-order chi connectivity index (χ1) is 9.90. The summed E-state index contributed by atoms with van der Waals surface area (Å²) in [6.07, 6.45) is 4.91. The van der Waals surface area contributed by atoms with Gasteiger partial charge in [0, 0.05) is 25.7 Å². The molecule has 0 aromatic heterocycles. The lowest BCUT2D eigenvalue weighted by Gasteiger charge is -2.28. The highest BCUT2D eigenvalue weighted by Crippen LogP contribution is 2.37. The van der Waals surface area contributed by atoms with Crippen LogP contribution < -0.4 is 5.32 Å². The number of carbonyl (C=O) groups is 1. The van der Waals surface area contributed by atoms with Crippen LogP contribution in [0.25, 0.3) is 0 Å². The summed E-state index contributed by atoms with van der Waals surface area (Å²) < 4.78 is 0. The van der Waals surface area contributed by atoms with E-state index in [0.717, 1.165) is 18.5 Å². The Kier molecular flexibility index (Phi) is 5.04. The van der Waals surface area contributed by atoms with Crippen LogP contribution in [-0.2, 0) is 6.42 Å². The zero-order valence-electron chi connectivity index (χ0n) is 13.8. The van der Waals surface area contributed by atoms with Crippen molar-refractivity contribution in [3.05, 3.63) is 35.4 Å². The Morgan fingerprint density at radius 1 is 1.38 bits per heavy atom. The molecule has 0 unspecified atom stereocenters. The van der Waals surface area contributed by atoms with Crippen molar-refractivity contribution in [2.24, 2.45) is 5.41 Å². The lowest BCUT2D eigenvalue weighted by Crippen LogP contribution is -2.38. The van der Waals surface area contributed by atoms with Gasteiger partial charge >= 0.3 is 0 Å². The maximum Gasteiger partial charge on any atom is 0.253 e. The van der Waals surface area contributed by atoms with Crippen LogP contribution in [0.5, 0.6) is 0 Å². The van der Waals surface area contributed by atoms with Crippen LogP contribution in [0.1, 0.15) is 49.0 Å². The summed E-state index contributed by atoms with van der Waals surface area (Å²) in [7, 11) is 3.58. The van der Waals surface area contributed by atoms with Gasteiger partial charge in [-0.05, 0) is 48.9 Å². The van der Waals surface area contributed by atoms with E-state index in [1.807, 2.05) is 18.2 Å². The molecule has 0 spiro atoms. The van der Waals surface area contributed by atoms with Gasteiger partial charge in [0.15, 0.2) is 0 Å². The Bertz CT molecular complexity index is 494. The van der Waals surface area contributed by atoms with Crippen molar-refractivity contribution < 1.29 is 4.79 Å². The topological polar surface area (TPSA) is 32.3 Å². The van der Waals surface area contributed by atoms with Crippen LogP contribution in [0.2, 0.25) is 0 Å². The predicted molar refractivity (Wildman–Crippen MR) is 87.6 cm³/mol. The second-order valence-electron chi connectivity index (χ2n) is 7.04. The first-order valence-electron chi connectivity index (χ1n) is 7.94. The standard InChI is InChI=1S/C18H28N2O/c1-18(2)11-6-9-16(18)19-12-10-14-7-5-8-15(13-14)17(21)20(3)4/h5,7-8,13,16,19H,6,9-12H2,1-4H3/t16-/m0/s1. The van der Waals surface area contributed by atoms with Gasteiger partial charge in [0.05, 0.1) is 0 Å². The van der Waals surface area contributed by atoms with Gasteiger partial charge in [-0.25, -0.2) is 0 Å². The molecule has 0 aliphatic heterocycles. The molecule has 1 aromatic carbocycles. The third-order valence-corrected chi connectivity index (χ3v) is 4.64. The van der Waals surface area contributed by atoms with Crippen LogP contribution >= 0.6 is 0 Å². The summed E-state index contributed by atoms with van der Waals surface area (Å²) in [6.45, 7) is 5.69. The van der Waals surface area contributed by atoms with E-state index in [2.05, 4.69) is 25.2 Å². The van der Waals surface area contributed by atoms with E-state index < -0.39 is 0 Å². The quantitative estimate of drug-likeness (QED) is 0.903. The summed E-state index contributed by atoms with van der Waals surface area (Å²) in [5.41, 5.74) is 2.42. The van der Waals surface area contributed by atoms with E-state index in [1.54, 1.807) is 19.0 Å². The zero-order valence-corrected chi connectivity index (χ0v) is 13.8. The third kappa shape index (κ3) is 4.07. The van der Waals surface area contributed by atoms with Crippen molar-refractivity contribution in [2.45, 2.75) is 45.6 Å². The van der Waals surface area contributed by atoms with Crippen LogP contribution in [-0.4, -0.2) is 37.5 Å². The number of rotatable bonds is 5. The maximum atomic E-state index is 12.0. The molecule has 0 bridgehead atoms. The van der Waals surface area contributed by atoms with Crippen molar-refractivity contribution in [2.75, 3.05) is 20.6 Å². The molecule has 1 aromatic rings. The lowest BCUT2D eigenvalue weighted by atomic mass is 9.87. The number of nitrogens with one attached hydrogen (secondary N) is 1. The fraction of sp³-hybridized carbons (Fsp3) is 0.611. The van der Waals surface area contributed by atoms with Crippen LogP contribution in [0.15, 0.2) is 24.3 Å². The SMILES string of the molecule is CN(C)C(=O)c1cccc(CCN[C@H]2CCCC2(C)C)c1. The maximum absolute atomic E-state index is 12.0. The smallest absolute Gasteiger partial charge is 0.253 e. The molecule has 116 valence electrons. The molecule has 3 nitrogen and oxygen atoms in total. The second-order valence-corrected chi connectivity index (χ2v) is 7.04. The number of amides is 1. The number of carbonyl (C=O) groups excluding carboxylic acids is 1. The average Bonchev–Trinajstić information content (AvgIpc) is 2.77. The van der Waals surface area contributed by atoms with Gasteiger partial charge in [0.1, 0.15) is 0 Å². The summed E-state index contributed by atoms with van der Waals surface area (Å²) in [5.74, 6) is 0.0711. The Balaban J connectivity index is 1.89. The zero-order chi connectivity index (χ0) is 15.5. The van der Waals surface area contributed by atoms with Gasteiger partial charge < -0.3 is 10.2 Å². The van der Waals surface area contributed by atoms with Crippen molar-refractivity contribution >= 4 is 5.91 Å². The van der Waals surface area contributed by atoms with E-state index in [4.69, 9.17) is 0 Å². The Morgan fingerprint density at radius 2 is 2.14 bits per heavy atom. The highest BCUT2D eigenvalue weighted by Gasteiger charge is 2.33. The second kappa shape index (κ2) is 6.61. The minimum atomic E-state index is 0.0711. The molecule has 1 aliphatic carbocycles. The van der Waals surface area contributed by atoms with Crippen molar-refractivity contribution in [3.63, 3.8) is 0 Å². The molecule has 0 saturated heterocycles. The molecule has 1 fully saturated rings. The summed E-state index contributed by atoms with van der Waals surface area (Å²) >= 11 is 0. The average molecular weight is 288 g/mol. The summed E-state index contributed by atoms with van der Waals surface area (Å²) in [4.78, 5) is 13.6. The Morgan fingerprint density at radius 3 is 2.76 bits per heavy atom. The van der Waals surface area contributed by atoms with E-state index in [0.29, 0.717) is 11.5 Å². The highest BCUT2D eigenvalue weighted by molar-refractivity contribution is 5.94. The lowest BCUT2D eigenvalue weighted by molar-refractivity contribution is 0.0827. The van der Waals surface area contributed by atoms with Crippen LogP contribution in [0.4, 0.5) is 0 Å². The molecule has 1 N–H and O–H groups in total. The molecule has 21 heavy (non-hydrogen) atoms. The molecule has 1 atom stereocenters. The van der Waals surface area contributed by atoms with E-state index in [1.165, 1.54) is 24.8 Å². The molecule has 0 heterocycles. The van der Waals surface area contributed by atoms with E-state index >= 15 is 0 Å². The molecule has 0 radical (unpaired) electrons. The van der Waals surface area contributed by atoms with Gasteiger partial charge in [-0.3, -0.25) is 4.79 Å². The molecule has 1 amide bonds. The normalized spacial score (nSPS) is 20.5. The number of benzene rings is 1. The van der Waals surface area contributed by atoms with Gasteiger partial charge in [0.25, 0.3) is 5.91 Å². The highest BCUT2D eigenvalue weighted by atomic mass is 16.2. The molecule has 1 aliphatic rings. The third-order valence-electron chi connectivity index (χ3n) is 4.64. The molecule has 3 heteroatoms. The minimum absolute atomic E-state index is 0.0711. The van der Waals surface area contributed by atoms with Gasteiger partial charge in [-0.1, -0.05) is 32.4 Å². The van der Waals surface area contributed by atoms with Crippen molar-refractivity contribution in [1.82, 2.24) is 10.2 Å². The largest absolute Gasteiger partial charge is 0.345 e. The molecule has 1 saturated carbocycles. The number of hydrogen-bond acceptors (Lipinski definition) is 2. The van der Waals surface area contributed by atoms with E-state index in [-0.39, 0.29) is 5.91 Å². The van der Waals surface area contributed by atoms with Gasteiger partial charge in [-0.2, -0.15) is 0 Å². The summed E-state index contributed by atoms with van der Waals surface area (Å²) in [5, 5.41) is 3.70.